The van der Waals surface area contributed by atoms with E-state index in [-0.39, 0.29) is 5.69 Å². The molecule has 0 atom stereocenters. The number of rotatable bonds is 4. The number of nitrogens with one attached hydrogen (secondary N) is 1. The molecule has 0 bridgehead atoms. The number of anilines is 2. The third kappa shape index (κ3) is 3.92. The van der Waals surface area contributed by atoms with E-state index < -0.39 is 17.6 Å². The molecule has 0 aromatic heterocycles. The van der Waals surface area contributed by atoms with Crippen LogP contribution in [0.3, 0.4) is 0 Å². The summed E-state index contributed by atoms with van der Waals surface area (Å²) in [4.78, 5) is 14.5. The molecule has 26 heavy (non-hydrogen) atoms. The lowest BCUT2D eigenvalue weighted by atomic mass is 10.1. The molecule has 3 rings (SSSR count). The van der Waals surface area contributed by atoms with Crippen molar-refractivity contribution in [2.24, 2.45) is 0 Å². The zero-order chi connectivity index (χ0) is 18.7. The molecule has 4 nitrogen and oxygen atoms in total. The quantitative estimate of drug-likeness (QED) is 0.864. The molecule has 1 aliphatic rings. The Morgan fingerprint density at radius 3 is 2.50 bits per heavy atom. The Balaban J connectivity index is 1.93. The number of benzene rings is 2. The molecule has 7 heteroatoms. The highest BCUT2D eigenvalue weighted by Gasteiger charge is 2.32. The first kappa shape index (κ1) is 18.1. The average molecular weight is 364 g/mol. The van der Waals surface area contributed by atoms with Gasteiger partial charge in [-0.05, 0) is 49.2 Å². The van der Waals surface area contributed by atoms with E-state index in [1.165, 1.54) is 13.2 Å². The van der Waals surface area contributed by atoms with Crippen molar-refractivity contribution >= 4 is 17.3 Å². The molecule has 1 fully saturated rings. The number of hydrogen-bond acceptors (Lipinski definition) is 3. The lowest BCUT2D eigenvalue weighted by molar-refractivity contribution is -0.137. The average Bonchev–Trinajstić information content (AvgIpc) is 3.15. The number of amides is 1. The van der Waals surface area contributed by atoms with Gasteiger partial charge in [0.2, 0.25) is 0 Å². The number of nitrogens with zero attached hydrogens (tertiary/aromatic N) is 1. The molecule has 1 N–H and O–H groups in total. The second-order valence-electron chi connectivity index (χ2n) is 6.11. The van der Waals surface area contributed by atoms with E-state index in [0.717, 1.165) is 38.1 Å². The summed E-state index contributed by atoms with van der Waals surface area (Å²) in [5, 5.41) is 2.63. The lowest BCUT2D eigenvalue weighted by Gasteiger charge is -2.23. The van der Waals surface area contributed by atoms with Crippen LogP contribution in [0.4, 0.5) is 24.5 Å². The minimum Gasteiger partial charge on any atom is -0.497 e. The Bertz CT molecular complexity index is 800. The maximum atomic E-state index is 13.1. The third-order valence-corrected chi connectivity index (χ3v) is 4.35. The van der Waals surface area contributed by atoms with Crippen molar-refractivity contribution in [3.05, 3.63) is 53.6 Å². The molecule has 138 valence electrons. The van der Waals surface area contributed by atoms with Gasteiger partial charge in [-0.2, -0.15) is 13.2 Å². The van der Waals surface area contributed by atoms with Crippen molar-refractivity contribution in [1.29, 1.82) is 0 Å². The van der Waals surface area contributed by atoms with E-state index in [1.807, 2.05) is 4.90 Å². The fraction of sp³-hybridized carbons (Fsp3) is 0.316. The zero-order valence-electron chi connectivity index (χ0n) is 14.3. The van der Waals surface area contributed by atoms with Gasteiger partial charge in [0.05, 0.1) is 24.0 Å². The number of alkyl halides is 3. The fourth-order valence-electron chi connectivity index (χ4n) is 3.01. The Labute approximate surface area is 149 Å². The summed E-state index contributed by atoms with van der Waals surface area (Å²) >= 11 is 0. The summed E-state index contributed by atoms with van der Waals surface area (Å²) in [6.45, 7) is 1.51. The smallest absolute Gasteiger partial charge is 0.416 e. The standard InChI is InChI=1S/C19H19F3N2O2/c1-26-15-6-4-5-13(11-15)18(25)23-16-12-14(19(20,21)22)7-8-17(16)24-9-2-3-10-24/h4-8,11-12H,2-3,9-10H2,1H3,(H,23,25). The lowest BCUT2D eigenvalue weighted by Crippen LogP contribution is -2.22. The maximum Gasteiger partial charge on any atom is 0.416 e. The first-order valence-corrected chi connectivity index (χ1v) is 8.30. The van der Waals surface area contributed by atoms with Crippen LogP contribution >= 0.6 is 0 Å². The van der Waals surface area contributed by atoms with Crippen LogP contribution in [0.1, 0.15) is 28.8 Å². The van der Waals surface area contributed by atoms with Crippen LogP contribution < -0.4 is 15.0 Å². The van der Waals surface area contributed by atoms with Gasteiger partial charge in [-0.1, -0.05) is 6.07 Å². The SMILES string of the molecule is COc1cccc(C(=O)Nc2cc(C(F)(F)F)ccc2N2CCCC2)c1. The Hall–Kier alpha value is -2.70. The third-order valence-electron chi connectivity index (χ3n) is 4.35. The number of halogens is 3. The molecular formula is C19H19F3N2O2. The van der Waals surface area contributed by atoms with E-state index in [0.29, 0.717) is 17.0 Å². The Kier molecular flexibility index (Phi) is 5.06. The highest BCUT2D eigenvalue weighted by atomic mass is 19.4. The van der Waals surface area contributed by atoms with E-state index in [9.17, 15) is 18.0 Å². The number of ether oxygens (including phenoxy) is 1. The number of methoxy groups -OCH3 is 1. The van der Waals surface area contributed by atoms with Crippen molar-refractivity contribution in [3.63, 3.8) is 0 Å². The van der Waals surface area contributed by atoms with Crippen molar-refractivity contribution in [2.45, 2.75) is 19.0 Å². The molecule has 0 saturated carbocycles. The van der Waals surface area contributed by atoms with Gasteiger partial charge in [-0.25, -0.2) is 0 Å². The topological polar surface area (TPSA) is 41.6 Å². The van der Waals surface area contributed by atoms with Crippen molar-refractivity contribution in [1.82, 2.24) is 0 Å². The van der Waals surface area contributed by atoms with Gasteiger partial charge < -0.3 is 15.0 Å². The largest absolute Gasteiger partial charge is 0.497 e. The molecule has 0 radical (unpaired) electrons. The molecule has 2 aromatic carbocycles. The van der Waals surface area contributed by atoms with Gasteiger partial charge in [0.25, 0.3) is 5.91 Å². The van der Waals surface area contributed by atoms with Crippen LogP contribution in [-0.4, -0.2) is 26.1 Å². The van der Waals surface area contributed by atoms with Gasteiger partial charge in [0.15, 0.2) is 0 Å². The second kappa shape index (κ2) is 7.27. The van der Waals surface area contributed by atoms with Crippen LogP contribution in [0.5, 0.6) is 5.75 Å². The number of carbonyl (C=O) groups is 1. The van der Waals surface area contributed by atoms with Crippen molar-refractivity contribution < 1.29 is 22.7 Å². The van der Waals surface area contributed by atoms with E-state index in [1.54, 1.807) is 24.3 Å². The van der Waals surface area contributed by atoms with Crippen molar-refractivity contribution in [3.8, 4) is 5.75 Å². The van der Waals surface area contributed by atoms with Gasteiger partial charge in [0.1, 0.15) is 5.75 Å². The fourth-order valence-corrected chi connectivity index (χ4v) is 3.01. The van der Waals surface area contributed by atoms with Crippen LogP contribution in [0.25, 0.3) is 0 Å². The first-order valence-electron chi connectivity index (χ1n) is 8.30. The summed E-state index contributed by atoms with van der Waals surface area (Å²) < 4.78 is 44.4. The molecule has 1 amide bonds. The molecule has 0 unspecified atom stereocenters. The van der Waals surface area contributed by atoms with E-state index in [2.05, 4.69) is 5.32 Å². The minimum atomic E-state index is -4.47. The van der Waals surface area contributed by atoms with Gasteiger partial charge in [-0.3, -0.25) is 4.79 Å². The predicted molar refractivity (Wildman–Crippen MR) is 93.8 cm³/mol. The van der Waals surface area contributed by atoms with Crippen LogP contribution in [-0.2, 0) is 6.18 Å². The first-order chi connectivity index (χ1) is 12.4. The highest BCUT2D eigenvalue weighted by Crippen LogP contribution is 2.36. The van der Waals surface area contributed by atoms with Crippen LogP contribution in [0.2, 0.25) is 0 Å². The zero-order valence-corrected chi connectivity index (χ0v) is 14.3. The van der Waals surface area contributed by atoms with Crippen LogP contribution in [0.15, 0.2) is 42.5 Å². The molecular weight excluding hydrogens is 345 g/mol. The minimum absolute atomic E-state index is 0.162. The number of hydrogen-bond donors (Lipinski definition) is 1. The Morgan fingerprint density at radius 2 is 1.85 bits per heavy atom. The molecule has 1 saturated heterocycles. The maximum absolute atomic E-state index is 13.1. The Morgan fingerprint density at radius 1 is 1.12 bits per heavy atom. The molecule has 0 aliphatic carbocycles. The number of carbonyl (C=O) groups excluding carboxylic acids is 1. The predicted octanol–water partition coefficient (Wildman–Crippen LogP) is 4.57. The highest BCUT2D eigenvalue weighted by molar-refractivity contribution is 6.06. The summed E-state index contributed by atoms with van der Waals surface area (Å²) in [5.74, 6) is 0.0186. The molecule has 1 aliphatic heterocycles. The van der Waals surface area contributed by atoms with Crippen LogP contribution in [0, 0.1) is 0 Å². The second-order valence-corrected chi connectivity index (χ2v) is 6.11. The van der Waals surface area contributed by atoms with Gasteiger partial charge >= 0.3 is 6.18 Å². The van der Waals surface area contributed by atoms with Crippen molar-refractivity contribution in [2.75, 3.05) is 30.4 Å². The summed E-state index contributed by atoms with van der Waals surface area (Å²) in [7, 11) is 1.48. The summed E-state index contributed by atoms with van der Waals surface area (Å²) in [6.07, 6.45) is -2.52. The molecule has 2 aromatic rings. The normalized spacial score (nSPS) is 14.4. The summed E-state index contributed by atoms with van der Waals surface area (Å²) in [6, 6.07) is 9.94. The monoisotopic (exact) mass is 364 g/mol. The molecule has 1 heterocycles. The van der Waals surface area contributed by atoms with E-state index >= 15 is 0 Å². The van der Waals surface area contributed by atoms with Gasteiger partial charge in [-0.15, -0.1) is 0 Å². The summed E-state index contributed by atoms with van der Waals surface area (Å²) in [5.41, 5.74) is 0.289. The molecule has 0 spiro atoms. The van der Waals surface area contributed by atoms with E-state index in [4.69, 9.17) is 4.74 Å². The van der Waals surface area contributed by atoms with Gasteiger partial charge in [0, 0.05) is 18.7 Å².